The summed E-state index contributed by atoms with van der Waals surface area (Å²) < 4.78 is 1.62. The van der Waals surface area contributed by atoms with Crippen LogP contribution in [0.1, 0.15) is 12.6 Å². The molecule has 56 valence electrons. The molecule has 1 rings (SSSR count). The summed E-state index contributed by atoms with van der Waals surface area (Å²) in [5, 5.41) is 16.5. The van der Waals surface area contributed by atoms with E-state index in [1.54, 1.807) is 17.8 Å². The van der Waals surface area contributed by atoms with Crippen LogP contribution in [0, 0.1) is 6.92 Å². The number of nitrogens with zero attached hydrogens (tertiary/aromatic N) is 3. The van der Waals surface area contributed by atoms with Gasteiger partial charge < -0.3 is 5.11 Å². The van der Waals surface area contributed by atoms with E-state index >= 15 is 0 Å². The summed E-state index contributed by atoms with van der Waals surface area (Å²) in [6.07, 6.45) is 1.44. The molecule has 1 aromatic rings. The van der Waals surface area contributed by atoms with Crippen LogP contribution in [0.25, 0.3) is 0 Å². The molecule has 0 amide bonds. The second-order valence-electron chi connectivity index (χ2n) is 2.43. The first-order valence-electron chi connectivity index (χ1n) is 3.23. The fourth-order valence-corrected chi connectivity index (χ4v) is 0.755. The summed E-state index contributed by atoms with van der Waals surface area (Å²) >= 11 is 0. The number of aliphatic hydroxyl groups is 1. The Morgan fingerprint density at radius 1 is 1.80 bits per heavy atom. The molecule has 0 fully saturated rings. The summed E-state index contributed by atoms with van der Waals surface area (Å²) in [5.41, 5.74) is 0.876. The van der Waals surface area contributed by atoms with Gasteiger partial charge in [-0.3, -0.25) is 0 Å². The largest absolute Gasteiger partial charge is 0.391 e. The van der Waals surface area contributed by atoms with Gasteiger partial charge in [-0.25, -0.2) is 4.68 Å². The van der Waals surface area contributed by atoms with Crippen molar-refractivity contribution in [3.05, 3.63) is 11.9 Å². The van der Waals surface area contributed by atoms with E-state index in [2.05, 4.69) is 10.3 Å². The summed E-state index contributed by atoms with van der Waals surface area (Å²) in [6, 6.07) is 0. The molecule has 0 spiro atoms. The first-order valence-corrected chi connectivity index (χ1v) is 3.23. The van der Waals surface area contributed by atoms with Crippen molar-refractivity contribution in [3.8, 4) is 0 Å². The highest BCUT2D eigenvalue weighted by Crippen LogP contribution is 1.91. The molecule has 1 aromatic heterocycles. The van der Waals surface area contributed by atoms with E-state index in [0.29, 0.717) is 6.54 Å². The maximum Gasteiger partial charge on any atom is 0.0796 e. The van der Waals surface area contributed by atoms with Crippen molar-refractivity contribution in [2.24, 2.45) is 0 Å². The van der Waals surface area contributed by atoms with Crippen molar-refractivity contribution in [2.45, 2.75) is 26.5 Å². The first kappa shape index (κ1) is 7.21. The molecule has 0 saturated carbocycles. The minimum atomic E-state index is -0.360. The van der Waals surface area contributed by atoms with E-state index in [0.717, 1.165) is 5.69 Å². The highest BCUT2D eigenvalue weighted by molar-refractivity contribution is 4.86. The van der Waals surface area contributed by atoms with E-state index in [1.165, 1.54) is 0 Å². The lowest BCUT2D eigenvalue weighted by atomic mass is 10.4. The Kier molecular flexibility index (Phi) is 2.01. The summed E-state index contributed by atoms with van der Waals surface area (Å²) in [6.45, 7) is 4.10. The second kappa shape index (κ2) is 2.79. The lowest BCUT2D eigenvalue weighted by Crippen LogP contribution is -2.11. The van der Waals surface area contributed by atoms with Gasteiger partial charge >= 0.3 is 0 Å². The Morgan fingerprint density at radius 2 is 2.50 bits per heavy atom. The molecule has 1 atom stereocenters. The van der Waals surface area contributed by atoms with Crippen LogP contribution in [0.4, 0.5) is 0 Å². The van der Waals surface area contributed by atoms with Crippen LogP contribution in [0.3, 0.4) is 0 Å². The fourth-order valence-electron chi connectivity index (χ4n) is 0.755. The first-order chi connectivity index (χ1) is 4.68. The van der Waals surface area contributed by atoms with E-state index in [9.17, 15) is 0 Å². The molecule has 0 aliphatic carbocycles. The molecule has 0 aromatic carbocycles. The molecule has 0 aliphatic rings. The SMILES string of the molecule is Cc1cn(C[C@@H](C)O)nn1. The number of hydrogen-bond acceptors (Lipinski definition) is 3. The average Bonchev–Trinajstić information content (AvgIpc) is 2.13. The number of aromatic nitrogens is 3. The molecular formula is C6H11N3O. The molecule has 1 N–H and O–H groups in total. The van der Waals surface area contributed by atoms with Gasteiger partial charge in [-0.2, -0.15) is 0 Å². The van der Waals surface area contributed by atoms with E-state index in [4.69, 9.17) is 5.11 Å². The third kappa shape index (κ3) is 1.80. The maximum absolute atomic E-state index is 8.93. The number of rotatable bonds is 2. The van der Waals surface area contributed by atoms with Crippen LogP contribution in [0.2, 0.25) is 0 Å². The number of hydrogen-bond donors (Lipinski definition) is 1. The van der Waals surface area contributed by atoms with Crippen molar-refractivity contribution in [3.63, 3.8) is 0 Å². The van der Waals surface area contributed by atoms with Crippen molar-refractivity contribution in [1.82, 2.24) is 15.0 Å². The topological polar surface area (TPSA) is 50.9 Å². The van der Waals surface area contributed by atoms with Gasteiger partial charge in [0, 0.05) is 6.20 Å². The van der Waals surface area contributed by atoms with Gasteiger partial charge in [-0.15, -0.1) is 5.10 Å². The Bertz CT molecular complexity index is 207. The smallest absolute Gasteiger partial charge is 0.0796 e. The summed E-state index contributed by atoms with van der Waals surface area (Å²) in [7, 11) is 0. The molecule has 0 saturated heterocycles. The van der Waals surface area contributed by atoms with Gasteiger partial charge in [0.1, 0.15) is 0 Å². The Hall–Kier alpha value is -0.900. The van der Waals surface area contributed by atoms with Gasteiger partial charge in [0.25, 0.3) is 0 Å². The highest BCUT2D eigenvalue weighted by Gasteiger charge is 1.98. The fraction of sp³-hybridized carbons (Fsp3) is 0.667. The molecule has 4 heteroatoms. The summed E-state index contributed by atoms with van der Waals surface area (Å²) in [4.78, 5) is 0. The summed E-state index contributed by atoms with van der Waals surface area (Å²) in [5.74, 6) is 0. The number of aryl methyl sites for hydroxylation is 1. The van der Waals surface area contributed by atoms with Crippen LogP contribution in [-0.2, 0) is 6.54 Å². The van der Waals surface area contributed by atoms with E-state index < -0.39 is 0 Å². The van der Waals surface area contributed by atoms with E-state index in [1.807, 2.05) is 6.92 Å². The van der Waals surface area contributed by atoms with Gasteiger partial charge in [0.2, 0.25) is 0 Å². The van der Waals surface area contributed by atoms with Crippen LogP contribution >= 0.6 is 0 Å². The average molecular weight is 141 g/mol. The highest BCUT2D eigenvalue weighted by atomic mass is 16.3. The van der Waals surface area contributed by atoms with Crippen molar-refractivity contribution < 1.29 is 5.11 Å². The van der Waals surface area contributed by atoms with Crippen LogP contribution in [0.5, 0.6) is 0 Å². The van der Waals surface area contributed by atoms with Crippen molar-refractivity contribution in [2.75, 3.05) is 0 Å². The molecule has 0 radical (unpaired) electrons. The third-order valence-electron chi connectivity index (χ3n) is 1.10. The minimum Gasteiger partial charge on any atom is -0.391 e. The maximum atomic E-state index is 8.93. The van der Waals surface area contributed by atoms with Crippen molar-refractivity contribution >= 4 is 0 Å². The zero-order valence-electron chi connectivity index (χ0n) is 6.15. The van der Waals surface area contributed by atoms with Gasteiger partial charge in [0.05, 0.1) is 18.3 Å². The lowest BCUT2D eigenvalue weighted by Gasteiger charge is -2.00. The third-order valence-corrected chi connectivity index (χ3v) is 1.10. The van der Waals surface area contributed by atoms with Crippen LogP contribution in [0.15, 0.2) is 6.20 Å². The van der Waals surface area contributed by atoms with Gasteiger partial charge in [-0.05, 0) is 13.8 Å². The minimum absolute atomic E-state index is 0.360. The van der Waals surface area contributed by atoms with Crippen LogP contribution in [-0.4, -0.2) is 26.2 Å². The van der Waals surface area contributed by atoms with Crippen LogP contribution < -0.4 is 0 Å². The molecular weight excluding hydrogens is 130 g/mol. The second-order valence-corrected chi connectivity index (χ2v) is 2.43. The zero-order valence-corrected chi connectivity index (χ0v) is 6.15. The molecule has 1 heterocycles. The quantitative estimate of drug-likeness (QED) is 0.629. The molecule has 10 heavy (non-hydrogen) atoms. The normalized spacial score (nSPS) is 13.5. The van der Waals surface area contributed by atoms with Crippen molar-refractivity contribution in [1.29, 1.82) is 0 Å². The Balaban J connectivity index is 2.58. The number of aliphatic hydroxyl groups excluding tert-OH is 1. The van der Waals surface area contributed by atoms with Gasteiger partial charge in [0.15, 0.2) is 0 Å². The Morgan fingerprint density at radius 3 is 2.90 bits per heavy atom. The molecule has 0 unspecified atom stereocenters. The van der Waals surface area contributed by atoms with E-state index in [-0.39, 0.29) is 6.10 Å². The standard InChI is InChI=1S/C6H11N3O/c1-5-3-9(8-7-5)4-6(2)10/h3,6,10H,4H2,1-2H3/t6-/m1/s1. The molecule has 4 nitrogen and oxygen atoms in total. The Labute approximate surface area is 59.5 Å². The lowest BCUT2D eigenvalue weighted by molar-refractivity contribution is 0.167. The van der Waals surface area contributed by atoms with Gasteiger partial charge in [-0.1, -0.05) is 5.21 Å². The predicted molar refractivity (Wildman–Crippen MR) is 36.4 cm³/mol. The monoisotopic (exact) mass is 141 g/mol. The molecule has 0 aliphatic heterocycles. The predicted octanol–water partition coefficient (Wildman–Crippen LogP) is -0.0327. The zero-order chi connectivity index (χ0) is 7.56. The molecule has 0 bridgehead atoms.